The van der Waals surface area contributed by atoms with Crippen molar-refractivity contribution in [1.82, 2.24) is 0 Å². The van der Waals surface area contributed by atoms with Crippen molar-refractivity contribution in [3.8, 4) is 0 Å². The number of hydrogen-bond acceptors (Lipinski definition) is 5. The fraction of sp³-hybridized carbons (Fsp3) is 0.333. The van der Waals surface area contributed by atoms with Gasteiger partial charge in [0, 0.05) is 6.07 Å². The quantitative estimate of drug-likeness (QED) is 0.369. The molecule has 6 nitrogen and oxygen atoms in total. The van der Waals surface area contributed by atoms with Gasteiger partial charge in [-0.3, -0.25) is 14.3 Å². The molecule has 0 N–H and O–H groups in total. The highest BCUT2D eigenvalue weighted by atomic mass is 32.2. The van der Waals surface area contributed by atoms with Gasteiger partial charge >= 0.3 is 15.6 Å². The van der Waals surface area contributed by atoms with E-state index in [1.54, 1.807) is 0 Å². The van der Waals surface area contributed by atoms with Crippen LogP contribution in [0.2, 0.25) is 0 Å². The van der Waals surface area contributed by atoms with E-state index in [4.69, 9.17) is 0 Å². The van der Waals surface area contributed by atoms with Crippen LogP contribution in [0, 0.1) is 10.1 Å². The molecule has 0 heterocycles. The molecule has 0 radical (unpaired) electrons. The number of para-hydroxylation sites is 1. The van der Waals surface area contributed by atoms with Gasteiger partial charge < -0.3 is 0 Å². The summed E-state index contributed by atoms with van der Waals surface area (Å²) in [7, 11) is -5.81. The number of nitro groups is 1. The minimum Gasteiger partial charge on any atom is -0.258 e. The first-order valence-electron chi connectivity index (χ1n) is 4.79. The van der Waals surface area contributed by atoms with Crippen molar-refractivity contribution < 1.29 is 30.7 Å². The highest BCUT2D eigenvalue weighted by molar-refractivity contribution is 7.87. The van der Waals surface area contributed by atoms with Gasteiger partial charge in [-0.2, -0.15) is 21.6 Å². The van der Waals surface area contributed by atoms with Gasteiger partial charge in [-0.1, -0.05) is 12.1 Å². The predicted octanol–water partition coefficient (Wildman–Crippen LogP) is 2.52. The molecule has 0 spiro atoms. The Morgan fingerprint density at radius 2 is 1.84 bits per heavy atom. The maximum Gasteiger partial charge on any atom is 0.523 e. The SMILES string of the molecule is CC(OS(=O)(=O)C(F)(F)F)c1ccccc1[N+](=O)[O-]. The van der Waals surface area contributed by atoms with Gasteiger partial charge in [0.2, 0.25) is 0 Å². The van der Waals surface area contributed by atoms with E-state index in [2.05, 4.69) is 4.18 Å². The zero-order valence-electron chi connectivity index (χ0n) is 9.42. The summed E-state index contributed by atoms with van der Waals surface area (Å²) >= 11 is 0. The molecule has 0 aromatic heterocycles. The molecule has 0 aliphatic carbocycles. The number of rotatable bonds is 4. The van der Waals surface area contributed by atoms with E-state index in [1.165, 1.54) is 12.1 Å². The van der Waals surface area contributed by atoms with Crippen molar-refractivity contribution >= 4 is 15.8 Å². The van der Waals surface area contributed by atoms with E-state index in [0.717, 1.165) is 19.1 Å². The maximum atomic E-state index is 12.1. The molecule has 0 saturated heterocycles. The van der Waals surface area contributed by atoms with Gasteiger partial charge in [0.05, 0.1) is 10.5 Å². The van der Waals surface area contributed by atoms with Gasteiger partial charge in [-0.05, 0) is 13.0 Å². The van der Waals surface area contributed by atoms with Crippen molar-refractivity contribution in [2.24, 2.45) is 0 Å². The second-order valence-corrected chi connectivity index (χ2v) is 5.02. The number of alkyl halides is 3. The molecular weight excluding hydrogens is 291 g/mol. The second kappa shape index (κ2) is 5.13. The average molecular weight is 299 g/mol. The number of nitro benzene ring substituents is 1. The number of nitrogens with zero attached hydrogens (tertiary/aromatic N) is 1. The van der Waals surface area contributed by atoms with Gasteiger partial charge in [0.25, 0.3) is 5.69 Å². The highest BCUT2D eigenvalue weighted by Crippen LogP contribution is 2.33. The summed E-state index contributed by atoms with van der Waals surface area (Å²) in [4.78, 5) is 9.83. The van der Waals surface area contributed by atoms with E-state index in [9.17, 15) is 31.7 Å². The Morgan fingerprint density at radius 1 is 1.32 bits per heavy atom. The Bertz CT molecular complexity index is 584. The lowest BCUT2D eigenvalue weighted by molar-refractivity contribution is -0.386. The molecular formula is C9H8F3NO5S. The molecule has 0 aliphatic rings. The van der Waals surface area contributed by atoms with E-state index in [1.807, 2.05) is 0 Å². The summed E-state index contributed by atoms with van der Waals surface area (Å²) in [6.07, 6.45) is -1.63. The number of benzene rings is 1. The van der Waals surface area contributed by atoms with Crippen molar-refractivity contribution in [3.05, 3.63) is 39.9 Å². The molecule has 10 heteroatoms. The summed E-state index contributed by atoms with van der Waals surface area (Å²) < 4.78 is 61.9. The fourth-order valence-corrected chi connectivity index (χ4v) is 1.89. The van der Waals surface area contributed by atoms with Gasteiger partial charge in [-0.15, -0.1) is 0 Å². The highest BCUT2D eigenvalue weighted by Gasteiger charge is 2.48. The zero-order chi connectivity index (χ0) is 14.8. The van der Waals surface area contributed by atoms with Crippen LogP contribution in [-0.4, -0.2) is 18.8 Å². The Labute approximate surface area is 106 Å². The lowest BCUT2D eigenvalue weighted by atomic mass is 10.1. The maximum absolute atomic E-state index is 12.1. The minimum atomic E-state index is -5.81. The summed E-state index contributed by atoms with van der Waals surface area (Å²) in [5, 5.41) is 10.7. The molecule has 106 valence electrons. The molecule has 0 saturated carbocycles. The number of hydrogen-bond donors (Lipinski definition) is 0. The van der Waals surface area contributed by atoms with Crippen LogP contribution in [-0.2, 0) is 14.3 Å². The molecule has 0 bridgehead atoms. The molecule has 1 atom stereocenters. The Hall–Kier alpha value is -1.68. The average Bonchev–Trinajstić information content (AvgIpc) is 2.26. The molecule has 1 unspecified atom stereocenters. The molecule has 19 heavy (non-hydrogen) atoms. The van der Waals surface area contributed by atoms with Crippen LogP contribution in [0.4, 0.5) is 18.9 Å². The molecule has 0 amide bonds. The van der Waals surface area contributed by atoms with Gasteiger partial charge in [-0.25, -0.2) is 0 Å². The van der Waals surface area contributed by atoms with Crippen LogP contribution in [0.3, 0.4) is 0 Å². The Morgan fingerprint density at radius 3 is 2.32 bits per heavy atom. The zero-order valence-corrected chi connectivity index (χ0v) is 10.2. The third-order valence-electron chi connectivity index (χ3n) is 2.13. The largest absolute Gasteiger partial charge is 0.523 e. The fourth-order valence-electron chi connectivity index (χ4n) is 1.29. The molecule has 0 fully saturated rings. The number of halogens is 3. The predicted molar refractivity (Wildman–Crippen MR) is 57.6 cm³/mol. The van der Waals surface area contributed by atoms with Crippen LogP contribution in [0.5, 0.6) is 0 Å². The third-order valence-corrected chi connectivity index (χ3v) is 3.23. The van der Waals surface area contributed by atoms with Crippen molar-refractivity contribution in [2.75, 3.05) is 0 Å². The van der Waals surface area contributed by atoms with Gasteiger partial charge in [0.1, 0.15) is 6.10 Å². The first-order valence-corrected chi connectivity index (χ1v) is 6.20. The lowest BCUT2D eigenvalue weighted by Crippen LogP contribution is -2.26. The Kier molecular flexibility index (Phi) is 4.15. The van der Waals surface area contributed by atoms with Crippen molar-refractivity contribution in [2.45, 2.75) is 18.5 Å². The molecule has 1 aromatic rings. The van der Waals surface area contributed by atoms with Crippen LogP contribution in [0.15, 0.2) is 24.3 Å². The van der Waals surface area contributed by atoms with E-state index >= 15 is 0 Å². The topological polar surface area (TPSA) is 86.5 Å². The first-order chi connectivity index (χ1) is 8.56. The van der Waals surface area contributed by atoms with Crippen LogP contribution in [0.1, 0.15) is 18.6 Å². The Balaban J connectivity index is 3.10. The monoisotopic (exact) mass is 299 g/mol. The third kappa shape index (κ3) is 3.41. The van der Waals surface area contributed by atoms with Crippen LogP contribution >= 0.6 is 0 Å². The normalized spacial score (nSPS) is 14.1. The summed E-state index contributed by atoms with van der Waals surface area (Å²) in [5.74, 6) is 0. The van der Waals surface area contributed by atoms with Crippen molar-refractivity contribution in [3.63, 3.8) is 0 Å². The van der Waals surface area contributed by atoms with Crippen LogP contribution < -0.4 is 0 Å². The summed E-state index contributed by atoms with van der Waals surface area (Å²) in [6, 6.07) is 4.78. The first kappa shape index (κ1) is 15.4. The van der Waals surface area contributed by atoms with E-state index in [0.29, 0.717) is 0 Å². The summed E-state index contributed by atoms with van der Waals surface area (Å²) in [5.41, 5.74) is -6.36. The summed E-state index contributed by atoms with van der Waals surface area (Å²) in [6.45, 7) is 0.978. The lowest BCUT2D eigenvalue weighted by Gasteiger charge is -2.14. The molecule has 0 aliphatic heterocycles. The standard InChI is InChI=1S/C9H8F3NO5S/c1-6(18-19(16,17)9(10,11)12)7-4-2-3-5-8(7)13(14)15/h2-6H,1H3. The van der Waals surface area contributed by atoms with Gasteiger partial charge in [0.15, 0.2) is 0 Å². The molecule has 1 rings (SSSR count). The smallest absolute Gasteiger partial charge is 0.258 e. The van der Waals surface area contributed by atoms with Crippen molar-refractivity contribution in [1.29, 1.82) is 0 Å². The minimum absolute atomic E-state index is 0.264. The van der Waals surface area contributed by atoms with E-state index in [-0.39, 0.29) is 5.56 Å². The van der Waals surface area contributed by atoms with E-state index < -0.39 is 32.3 Å². The van der Waals surface area contributed by atoms with Crippen LogP contribution in [0.25, 0.3) is 0 Å². The molecule has 1 aromatic carbocycles. The second-order valence-electron chi connectivity index (χ2n) is 3.45.